The van der Waals surface area contributed by atoms with Crippen molar-refractivity contribution in [3.05, 3.63) is 17.6 Å². The summed E-state index contributed by atoms with van der Waals surface area (Å²) >= 11 is 0. The number of aromatic nitrogens is 2. The summed E-state index contributed by atoms with van der Waals surface area (Å²) in [6.45, 7) is 4.35. The first-order chi connectivity index (χ1) is 14.9. The van der Waals surface area contributed by atoms with Crippen LogP contribution in [0.2, 0.25) is 0 Å². The normalized spacial score (nSPS) is 19.4. The van der Waals surface area contributed by atoms with Crippen LogP contribution in [0, 0.1) is 0 Å². The maximum atomic E-state index is 13.2. The van der Waals surface area contributed by atoms with E-state index < -0.39 is 12.2 Å². The number of hydrogen-bond donors (Lipinski definition) is 2. The Hall–Kier alpha value is -2.46. The minimum Gasteiger partial charge on any atom is -0.453 e. The molecule has 0 aromatic carbocycles. The predicted molar refractivity (Wildman–Crippen MR) is 116 cm³/mol. The van der Waals surface area contributed by atoms with Gasteiger partial charge in [0.05, 0.1) is 37.3 Å². The Balaban J connectivity index is 1.74. The smallest absolute Gasteiger partial charge is 0.406 e. The fraction of sp³-hybridized carbons (Fsp3) is 0.714. The summed E-state index contributed by atoms with van der Waals surface area (Å²) in [6.07, 6.45) is 4.23. The Labute approximate surface area is 183 Å². The van der Waals surface area contributed by atoms with Crippen LogP contribution >= 0.6 is 0 Å². The molecule has 31 heavy (non-hydrogen) atoms. The second-order valence-electron chi connectivity index (χ2n) is 8.20. The fourth-order valence-electron chi connectivity index (χ4n) is 3.77. The quantitative estimate of drug-likeness (QED) is 0.551. The van der Waals surface area contributed by atoms with Crippen LogP contribution < -0.4 is 15.5 Å². The number of carbonyl (C=O) groups is 2. The lowest BCUT2D eigenvalue weighted by Crippen LogP contribution is -2.50. The lowest BCUT2D eigenvalue weighted by Gasteiger charge is -2.34. The van der Waals surface area contributed by atoms with Crippen LogP contribution in [0.1, 0.15) is 43.6 Å². The lowest BCUT2D eigenvalue weighted by atomic mass is 10.1. The molecule has 2 fully saturated rings. The van der Waals surface area contributed by atoms with Crippen molar-refractivity contribution < 1.29 is 19.1 Å². The van der Waals surface area contributed by atoms with E-state index in [0.29, 0.717) is 32.5 Å². The molecule has 1 saturated heterocycles. The van der Waals surface area contributed by atoms with E-state index in [4.69, 9.17) is 9.72 Å². The minimum atomic E-state index is -0.449. The van der Waals surface area contributed by atoms with Gasteiger partial charge in [0.15, 0.2) is 0 Å². The molecule has 3 rings (SSSR count). The van der Waals surface area contributed by atoms with Crippen LogP contribution in [0.4, 0.5) is 10.6 Å². The Morgan fingerprint density at radius 1 is 1.39 bits per heavy atom. The molecule has 10 nitrogen and oxygen atoms in total. The average molecular weight is 435 g/mol. The molecule has 0 spiro atoms. The van der Waals surface area contributed by atoms with E-state index in [1.54, 1.807) is 6.20 Å². The first-order valence-corrected chi connectivity index (χ1v) is 10.9. The molecule has 0 radical (unpaired) electrons. The van der Waals surface area contributed by atoms with Crippen molar-refractivity contribution in [1.29, 1.82) is 0 Å². The summed E-state index contributed by atoms with van der Waals surface area (Å²) in [4.78, 5) is 37.8. The molecule has 1 aliphatic carbocycles. The Morgan fingerprint density at radius 3 is 2.77 bits per heavy atom. The molecule has 1 saturated carbocycles. The highest BCUT2D eigenvalue weighted by Crippen LogP contribution is 2.35. The zero-order chi connectivity index (χ0) is 22.4. The number of methoxy groups -OCH3 is 1. The Morgan fingerprint density at radius 2 is 2.16 bits per heavy atom. The number of morpholine rings is 1. The second kappa shape index (κ2) is 10.7. The van der Waals surface area contributed by atoms with Crippen molar-refractivity contribution in [3.8, 4) is 0 Å². The molecule has 2 amide bonds. The van der Waals surface area contributed by atoms with E-state index in [1.807, 2.05) is 30.8 Å². The SMILES string of the molecule is COC(=O)NCCCc1nc([C@@H](C)N(C(=O)[C@H]2CNCCO2)C2CC2)cnc1N(C)C. The van der Waals surface area contributed by atoms with E-state index in [1.165, 1.54) is 7.11 Å². The lowest BCUT2D eigenvalue weighted by molar-refractivity contribution is -0.148. The van der Waals surface area contributed by atoms with Crippen LogP contribution in [0.15, 0.2) is 6.20 Å². The van der Waals surface area contributed by atoms with Crippen molar-refractivity contribution in [2.45, 2.75) is 50.8 Å². The van der Waals surface area contributed by atoms with E-state index in [2.05, 4.69) is 20.4 Å². The number of ether oxygens (including phenoxy) is 2. The van der Waals surface area contributed by atoms with E-state index in [-0.39, 0.29) is 18.0 Å². The van der Waals surface area contributed by atoms with Crippen LogP contribution in [0.25, 0.3) is 0 Å². The summed E-state index contributed by atoms with van der Waals surface area (Å²) in [6, 6.07) is 0.0391. The standard InChI is InChI=1S/C21H34N6O4/c1-14(27(15-7-8-15)20(28)18-13-22-10-11-31-18)17-12-24-19(26(2)3)16(25-17)6-5-9-23-21(29)30-4/h12,14-15,18,22H,5-11,13H2,1-4H3,(H,23,29)/t14-,18-/m1/s1. The highest BCUT2D eigenvalue weighted by molar-refractivity contribution is 5.82. The third kappa shape index (κ3) is 6.04. The van der Waals surface area contributed by atoms with Crippen LogP contribution in [0.5, 0.6) is 0 Å². The average Bonchev–Trinajstić information content (AvgIpc) is 3.61. The van der Waals surface area contributed by atoms with Gasteiger partial charge in [-0.05, 0) is 32.6 Å². The van der Waals surface area contributed by atoms with E-state index in [9.17, 15) is 9.59 Å². The zero-order valence-electron chi connectivity index (χ0n) is 18.9. The molecule has 2 aliphatic rings. The number of aryl methyl sites for hydroxylation is 1. The van der Waals surface area contributed by atoms with Gasteiger partial charge in [-0.15, -0.1) is 0 Å². The molecule has 10 heteroatoms. The molecule has 2 atom stereocenters. The van der Waals surface area contributed by atoms with Crippen molar-refractivity contribution in [2.24, 2.45) is 0 Å². The minimum absolute atomic E-state index is 0.0181. The van der Waals surface area contributed by atoms with Gasteiger partial charge in [0.25, 0.3) is 5.91 Å². The molecule has 172 valence electrons. The molecule has 2 N–H and O–H groups in total. The van der Waals surface area contributed by atoms with Crippen LogP contribution in [0.3, 0.4) is 0 Å². The maximum Gasteiger partial charge on any atom is 0.406 e. The predicted octanol–water partition coefficient (Wildman–Crippen LogP) is 0.872. The zero-order valence-corrected chi connectivity index (χ0v) is 18.9. The van der Waals surface area contributed by atoms with Crippen molar-refractivity contribution in [1.82, 2.24) is 25.5 Å². The van der Waals surface area contributed by atoms with E-state index in [0.717, 1.165) is 36.6 Å². The van der Waals surface area contributed by atoms with Gasteiger partial charge in [0, 0.05) is 39.8 Å². The third-order valence-electron chi connectivity index (χ3n) is 5.55. The van der Waals surface area contributed by atoms with Gasteiger partial charge in [-0.25, -0.2) is 9.78 Å². The summed E-state index contributed by atoms with van der Waals surface area (Å²) in [5.41, 5.74) is 1.62. The molecule has 0 bridgehead atoms. The van der Waals surface area contributed by atoms with Gasteiger partial charge in [-0.2, -0.15) is 0 Å². The first kappa shape index (κ1) is 23.2. The Bertz CT molecular complexity index is 764. The van der Waals surface area contributed by atoms with Gasteiger partial charge >= 0.3 is 6.09 Å². The Kier molecular flexibility index (Phi) is 8.03. The van der Waals surface area contributed by atoms with Gasteiger partial charge in [0.2, 0.25) is 0 Å². The number of anilines is 1. The fourth-order valence-corrected chi connectivity index (χ4v) is 3.77. The molecular formula is C21H34N6O4. The van der Waals surface area contributed by atoms with Crippen molar-refractivity contribution in [2.75, 3.05) is 52.3 Å². The summed E-state index contributed by atoms with van der Waals surface area (Å²) in [5.74, 6) is 0.808. The summed E-state index contributed by atoms with van der Waals surface area (Å²) < 4.78 is 10.3. The monoisotopic (exact) mass is 434 g/mol. The van der Waals surface area contributed by atoms with Gasteiger partial charge < -0.3 is 29.9 Å². The maximum absolute atomic E-state index is 13.2. The molecule has 2 heterocycles. The molecule has 0 unspecified atom stereocenters. The van der Waals surface area contributed by atoms with Crippen molar-refractivity contribution in [3.63, 3.8) is 0 Å². The number of nitrogens with one attached hydrogen (secondary N) is 2. The summed E-state index contributed by atoms with van der Waals surface area (Å²) in [5, 5.41) is 5.92. The highest BCUT2D eigenvalue weighted by Gasteiger charge is 2.40. The molecule has 1 aromatic heterocycles. The number of carbonyl (C=O) groups excluding carboxylic acids is 2. The first-order valence-electron chi connectivity index (χ1n) is 10.9. The molecule has 1 aromatic rings. The molecule has 1 aliphatic heterocycles. The number of alkyl carbamates (subject to hydrolysis) is 1. The van der Waals surface area contributed by atoms with Crippen LogP contribution in [-0.4, -0.2) is 86.5 Å². The van der Waals surface area contributed by atoms with Gasteiger partial charge in [-0.3, -0.25) is 9.78 Å². The molecular weight excluding hydrogens is 400 g/mol. The van der Waals surface area contributed by atoms with Crippen molar-refractivity contribution >= 4 is 17.8 Å². The highest BCUT2D eigenvalue weighted by atomic mass is 16.5. The van der Waals surface area contributed by atoms with Crippen LogP contribution in [-0.2, 0) is 20.7 Å². The number of rotatable bonds is 9. The third-order valence-corrected chi connectivity index (χ3v) is 5.55. The topological polar surface area (TPSA) is 109 Å². The number of hydrogen-bond acceptors (Lipinski definition) is 8. The number of amides is 2. The largest absolute Gasteiger partial charge is 0.453 e. The summed E-state index contributed by atoms with van der Waals surface area (Å²) in [7, 11) is 5.20. The van der Waals surface area contributed by atoms with Gasteiger partial charge in [0.1, 0.15) is 11.9 Å². The second-order valence-corrected chi connectivity index (χ2v) is 8.20. The van der Waals surface area contributed by atoms with Gasteiger partial charge in [-0.1, -0.05) is 0 Å². The number of nitrogens with zero attached hydrogens (tertiary/aromatic N) is 4. The van der Waals surface area contributed by atoms with E-state index >= 15 is 0 Å².